The molecule has 118 valence electrons. The Kier molecular flexibility index (Phi) is 5.08. The van der Waals surface area contributed by atoms with Crippen molar-refractivity contribution >= 4 is 27.4 Å². The molecule has 1 fully saturated rings. The highest BCUT2D eigenvalue weighted by molar-refractivity contribution is 7.89. The van der Waals surface area contributed by atoms with Crippen LogP contribution in [0.5, 0.6) is 0 Å². The van der Waals surface area contributed by atoms with Gasteiger partial charge >= 0.3 is 0 Å². The number of rotatable bonds is 4. The van der Waals surface area contributed by atoms with Crippen LogP contribution in [-0.2, 0) is 10.0 Å². The van der Waals surface area contributed by atoms with Crippen LogP contribution in [0.4, 0.5) is 5.82 Å². The average molecular weight is 333 g/mol. The van der Waals surface area contributed by atoms with Crippen LogP contribution < -0.4 is 16.0 Å². The predicted octanol–water partition coefficient (Wildman–Crippen LogP) is 2.12. The molecule has 0 saturated heterocycles. The van der Waals surface area contributed by atoms with E-state index in [0.717, 1.165) is 19.3 Å². The van der Waals surface area contributed by atoms with Crippen LogP contribution in [0.25, 0.3) is 0 Å². The number of hydrogen-bond donors (Lipinski definition) is 3. The van der Waals surface area contributed by atoms with Crippen LogP contribution in [0, 0.1) is 11.8 Å². The summed E-state index contributed by atoms with van der Waals surface area (Å²) in [6.07, 6.45) is 4.17. The third-order valence-corrected chi connectivity index (χ3v) is 5.75. The van der Waals surface area contributed by atoms with Gasteiger partial charge in [-0.3, -0.25) is 0 Å². The normalized spacial score (nSPS) is 26.6. The van der Waals surface area contributed by atoms with Crippen molar-refractivity contribution in [2.24, 2.45) is 17.7 Å². The molecular formula is C13H21ClN4O2S. The van der Waals surface area contributed by atoms with E-state index in [4.69, 9.17) is 17.4 Å². The van der Waals surface area contributed by atoms with E-state index in [0.29, 0.717) is 11.8 Å². The molecule has 0 amide bonds. The zero-order valence-electron chi connectivity index (χ0n) is 12.1. The summed E-state index contributed by atoms with van der Waals surface area (Å²) in [7, 11) is -3.62. The number of anilines is 1. The summed E-state index contributed by atoms with van der Waals surface area (Å²) in [5.41, 5.74) is 2.31. The van der Waals surface area contributed by atoms with E-state index < -0.39 is 10.0 Å². The van der Waals surface area contributed by atoms with Crippen LogP contribution in [0.15, 0.2) is 17.2 Å². The summed E-state index contributed by atoms with van der Waals surface area (Å²) in [5.74, 6) is 6.44. The maximum Gasteiger partial charge on any atom is 0.242 e. The van der Waals surface area contributed by atoms with Crippen molar-refractivity contribution in [1.29, 1.82) is 0 Å². The summed E-state index contributed by atoms with van der Waals surface area (Å²) in [6, 6.07) is 1.31. The van der Waals surface area contributed by atoms with Crippen molar-refractivity contribution in [2.75, 3.05) is 5.43 Å². The third-order valence-electron chi connectivity index (χ3n) is 4.00. The maximum absolute atomic E-state index is 12.4. The molecule has 1 aliphatic rings. The number of halogens is 1. The van der Waals surface area contributed by atoms with E-state index in [9.17, 15) is 8.42 Å². The van der Waals surface area contributed by atoms with E-state index in [1.54, 1.807) is 0 Å². The number of pyridine rings is 1. The van der Waals surface area contributed by atoms with Crippen molar-refractivity contribution in [3.05, 3.63) is 17.3 Å². The van der Waals surface area contributed by atoms with E-state index in [1.807, 2.05) is 0 Å². The van der Waals surface area contributed by atoms with Gasteiger partial charge in [-0.2, -0.15) is 0 Å². The highest BCUT2D eigenvalue weighted by atomic mass is 35.5. The Morgan fingerprint density at radius 2 is 2.10 bits per heavy atom. The van der Waals surface area contributed by atoms with E-state index in [1.165, 1.54) is 12.3 Å². The van der Waals surface area contributed by atoms with Gasteiger partial charge in [0.15, 0.2) is 5.82 Å². The van der Waals surface area contributed by atoms with Crippen LogP contribution in [-0.4, -0.2) is 19.4 Å². The molecule has 1 heterocycles. The molecule has 0 aliphatic heterocycles. The smallest absolute Gasteiger partial charge is 0.242 e. The first-order valence-corrected chi connectivity index (χ1v) is 8.84. The minimum atomic E-state index is -3.62. The Bertz CT molecular complexity index is 608. The van der Waals surface area contributed by atoms with E-state index in [-0.39, 0.29) is 21.8 Å². The molecular weight excluding hydrogens is 312 g/mol. The first-order valence-electron chi connectivity index (χ1n) is 6.98. The van der Waals surface area contributed by atoms with Gasteiger partial charge < -0.3 is 5.43 Å². The zero-order valence-corrected chi connectivity index (χ0v) is 13.7. The summed E-state index contributed by atoms with van der Waals surface area (Å²) >= 11 is 5.93. The number of sulfonamides is 1. The topological polar surface area (TPSA) is 97.1 Å². The van der Waals surface area contributed by atoms with Crippen LogP contribution in [0.2, 0.25) is 5.02 Å². The van der Waals surface area contributed by atoms with Gasteiger partial charge in [0.05, 0.1) is 5.02 Å². The Morgan fingerprint density at radius 1 is 1.38 bits per heavy atom. The first kappa shape index (κ1) is 16.5. The first-order chi connectivity index (χ1) is 9.83. The van der Waals surface area contributed by atoms with Crippen molar-refractivity contribution in [3.63, 3.8) is 0 Å². The van der Waals surface area contributed by atoms with Crippen molar-refractivity contribution in [1.82, 2.24) is 9.71 Å². The summed E-state index contributed by atoms with van der Waals surface area (Å²) < 4.78 is 27.6. The minimum Gasteiger partial charge on any atom is -0.307 e. The zero-order chi connectivity index (χ0) is 15.6. The lowest BCUT2D eigenvalue weighted by atomic mass is 9.80. The third kappa shape index (κ3) is 3.85. The number of nitrogens with two attached hydrogens (primary N) is 1. The lowest BCUT2D eigenvalue weighted by Gasteiger charge is -2.32. The number of hydrazine groups is 1. The lowest BCUT2D eigenvalue weighted by molar-refractivity contribution is 0.249. The monoisotopic (exact) mass is 332 g/mol. The second-order valence-corrected chi connectivity index (χ2v) is 7.89. The Labute approximate surface area is 130 Å². The average Bonchev–Trinajstić information content (AvgIpc) is 2.42. The molecule has 0 bridgehead atoms. The van der Waals surface area contributed by atoms with E-state index in [2.05, 4.69) is 29.0 Å². The molecule has 6 nitrogen and oxygen atoms in total. The van der Waals surface area contributed by atoms with Crippen LogP contribution >= 0.6 is 11.6 Å². The van der Waals surface area contributed by atoms with Gasteiger partial charge in [0.2, 0.25) is 10.0 Å². The largest absolute Gasteiger partial charge is 0.307 e. The molecule has 3 unspecified atom stereocenters. The lowest BCUT2D eigenvalue weighted by Crippen LogP contribution is -2.42. The molecule has 0 spiro atoms. The molecule has 8 heteroatoms. The van der Waals surface area contributed by atoms with Gasteiger partial charge in [0, 0.05) is 12.2 Å². The molecule has 2 rings (SSSR count). The standard InChI is InChI=1S/C13H21ClN4O2S/c1-8-3-4-12(9(2)5-8)18-21(19,20)10-6-11(14)13(17-15)16-7-10/h6-9,12,18H,3-5,15H2,1-2H3,(H,16,17). The van der Waals surface area contributed by atoms with Gasteiger partial charge in [0.25, 0.3) is 0 Å². The number of nitrogens with one attached hydrogen (secondary N) is 2. The number of aromatic nitrogens is 1. The highest BCUT2D eigenvalue weighted by Crippen LogP contribution is 2.30. The van der Waals surface area contributed by atoms with Gasteiger partial charge in [-0.15, -0.1) is 0 Å². The van der Waals surface area contributed by atoms with Crippen molar-refractivity contribution in [2.45, 2.75) is 44.0 Å². The molecule has 1 saturated carbocycles. The Morgan fingerprint density at radius 3 is 2.67 bits per heavy atom. The SMILES string of the molecule is CC1CCC(NS(=O)(=O)c2cnc(NN)c(Cl)c2)C(C)C1. The van der Waals surface area contributed by atoms with Gasteiger partial charge in [-0.05, 0) is 37.2 Å². The molecule has 0 radical (unpaired) electrons. The minimum absolute atomic E-state index is 0.0442. The van der Waals surface area contributed by atoms with Crippen molar-refractivity contribution < 1.29 is 8.42 Å². The highest BCUT2D eigenvalue weighted by Gasteiger charge is 2.29. The summed E-state index contributed by atoms with van der Waals surface area (Å²) in [4.78, 5) is 3.95. The molecule has 21 heavy (non-hydrogen) atoms. The molecule has 1 aromatic rings. The number of hydrogen-bond acceptors (Lipinski definition) is 5. The van der Waals surface area contributed by atoms with Gasteiger partial charge in [-0.25, -0.2) is 24.0 Å². The maximum atomic E-state index is 12.4. The van der Waals surface area contributed by atoms with Gasteiger partial charge in [0.1, 0.15) is 4.90 Å². The second kappa shape index (κ2) is 6.48. The van der Waals surface area contributed by atoms with Gasteiger partial charge in [-0.1, -0.05) is 25.4 Å². The van der Waals surface area contributed by atoms with E-state index >= 15 is 0 Å². The molecule has 4 N–H and O–H groups in total. The predicted molar refractivity (Wildman–Crippen MR) is 83.3 cm³/mol. The Hall–Kier alpha value is -0.890. The van der Waals surface area contributed by atoms with Crippen molar-refractivity contribution in [3.8, 4) is 0 Å². The summed E-state index contributed by atoms with van der Waals surface area (Å²) in [5, 5.41) is 0.172. The molecule has 1 aromatic heterocycles. The summed E-state index contributed by atoms with van der Waals surface area (Å²) in [6.45, 7) is 4.28. The van der Waals surface area contributed by atoms with Crippen LogP contribution in [0.1, 0.15) is 33.1 Å². The van der Waals surface area contributed by atoms with Crippen LogP contribution in [0.3, 0.4) is 0 Å². The Balaban J connectivity index is 2.17. The fourth-order valence-corrected chi connectivity index (χ4v) is 4.42. The second-order valence-electron chi connectivity index (χ2n) is 5.77. The molecule has 1 aliphatic carbocycles. The molecule has 0 aromatic carbocycles. The quantitative estimate of drug-likeness (QED) is 0.579. The fraction of sp³-hybridized carbons (Fsp3) is 0.615. The number of nitrogen functional groups attached to an aromatic ring is 1. The number of nitrogens with zero attached hydrogens (tertiary/aromatic N) is 1. The molecule has 3 atom stereocenters. The fourth-order valence-electron chi connectivity index (χ4n) is 2.78.